The van der Waals surface area contributed by atoms with Crippen molar-refractivity contribution >= 4 is 11.9 Å². The van der Waals surface area contributed by atoms with Crippen molar-refractivity contribution in [3.05, 3.63) is 41.6 Å². The number of carbonyl (C=O) groups excluding carboxylic acids is 2. The van der Waals surface area contributed by atoms with E-state index in [-0.39, 0.29) is 17.9 Å². The lowest BCUT2D eigenvalue weighted by molar-refractivity contribution is -0.139. The molecule has 1 aromatic rings. The summed E-state index contributed by atoms with van der Waals surface area (Å²) in [5.41, 5.74) is 1.41. The van der Waals surface area contributed by atoms with Crippen LogP contribution in [0.3, 0.4) is 0 Å². The van der Waals surface area contributed by atoms with E-state index in [1.807, 2.05) is 29.3 Å². The standard InChI is InChI=1S/C16H18N2O4/c1-3-22-16(20)13-10-18-14(19)8-9-17(18)15(13)11-4-6-12(21-2)7-5-11/h4-7,10,15H,3,8-9H2,1-2H3/t15-/m1/s1. The zero-order valence-corrected chi connectivity index (χ0v) is 12.6. The molecule has 1 fully saturated rings. The Balaban J connectivity index is 1.96. The van der Waals surface area contributed by atoms with Crippen LogP contribution in [0.15, 0.2) is 36.0 Å². The molecule has 0 aliphatic carbocycles. The molecule has 1 atom stereocenters. The Morgan fingerprint density at radius 3 is 2.68 bits per heavy atom. The molecule has 0 bridgehead atoms. The van der Waals surface area contributed by atoms with Gasteiger partial charge in [0.15, 0.2) is 0 Å². The number of fused-ring (bicyclic) bond motifs is 1. The van der Waals surface area contributed by atoms with E-state index in [0.29, 0.717) is 25.1 Å². The Hall–Kier alpha value is -2.34. The lowest BCUT2D eigenvalue weighted by atomic mass is 9.99. The van der Waals surface area contributed by atoms with Gasteiger partial charge in [-0.25, -0.2) is 14.8 Å². The zero-order chi connectivity index (χ0) is 15.7. The molecule has 2 heterocycles. The van der Waals surface area contributed by atoms with Crippen LogP contribution < -0.4 is 4.74 Å². The Bertz CT molecular complexity index is 624. The molecule has 1 aromatic carbocycles. The Morgan fingerprint density at radius 1 is 1.32 bits per heavy atom. The number of hydrazine groups is 1. The number of esters is 1. The number of carbonyl (C=O) groups is 2. The van der Waals surface area contributed by atoms with Gasteiger partial charge < -0.3 is 9.47 Å². The molecule has 0 saturated carbocycles. The van der Waals surface area contributed by atoms with Crippen molar-refractivity contribution in [1.29, 1.82) is 0 Å². The largest absolute Gasteiger partial charge is 0.497 e. The number of hydrogen-bond donors (Lipinski definition) is 0. The maximum atomic E-state index is 12.2. The summed E-state index contributed by atoms with van der Waals surface area (Å²) < 4.78 is 10.3. The van der Waals surface area contributed by atoms with Crippen LogP contribution in [-0.2, 0) is 14.3 Å². The van der Waals surface area contributed by atoms with Crippen LogP contribution >= 0.6 is 0 Å². The van der Waals surface area contributed by atoms with E-state index >= 15 is 0 Å². The number of methoxy groups -OCH3 is 1. The first kappa shape index (κ1) is 14.6. The van der Waals surface area contributed by atoms with Crippen LogP contribution in [0.4, 0.5) is 0 Å². The molecule has 0 spiro atoms. The van der Waals surface area contributed by atoms with Crippen LogP contribution in [0.25, 0.3) is 0 Å². The number of amides is 1. The van der Waals surface area contributed by atoms with Crippen molar-refractivity contribution in [3.63, 3.8) is 0 Å². The Kier molecular flexibility index (Phi) is 3.85. The fraction of sp³-hybridized carbons (Fsp3) is 0.375. The molecular weight excluding hydrogens is 284 g/mol. The van der Waals surface area contributed by atoms with E-state index in [2.05, 4.69) is 0 Å². The fourth-order valence-electron chi connectivity index (χ4n) is 2.85. The van der Waals surface area contributed by atoms with E-state index in [4.69, 9.17) is 9.47 Å². The lowest BCUT2D eigenvalue weighted by Crippen LogP contribution is -2.33. The zero-order valence-electron chi connectivity index (χ0n) is 12.6. The Morgan fingerprint density at radius 2 is 2.05 bits per heavy atom. The maximum Gasteiger partial charge on any atom is 0.337 e. The Labute approximate surface area is 128 Å². The highest BCUT2D eigenvalue weighted by Crippen LogP contribution is 2.39. The third-order valence-electron chi connectivity index (χ3n) is 3.88. The maximum absolute atomic E-state index is 12.2. The van der Waals surface area contributed by atoms with Gasteiger partial charge in [-0.2, -0.15) is 0 Å². The van der Waals surface area contributed by atoms with Gasteiger partial charge in [-0.05, 0) is 24.6 Å². The molecule has 3 rings (SSSR count). The minimum atomic E-state index is -0.384. The summed E-state index contributed by atoms with van der Waals surface area (Å²) in [6.07, 6.45) is 2.06. The van der Waals surface area contributed by atoms with Gasteiger partial charge in [0, 0.05) is 19.2 Å². The minimum Gasteiger partial charge on any atom is -0.497 e. The average Bonchev–Trinajstić information content (AvgIpc) is 3.08. The van der Waals surface area contributed by atoms with Crippen LogP contribution in [-0.4, -0.2) is 42.2 Å². The van der Waals surface area contributed by atoms with Gasteiger partial charge in [-0.3, -0.25) is 4.79 Å². The molecule has 2 aliphatic heterocycles. The molecular formula is C16H18N2O4. The average molecular weight is 302 g/mol. The third-order valence-corrected chi connectivity index (χ3v) is 3.88. The van der Waals surface area contributed by atoms with Crippen LogP contribution in [0.2, 0.25) is 0 Å². The van der Waals surface area contributed by atoms with Gasteiger partial charge in [0.2, 0.25) is 5.91 Å². The highest BCUT2D eigenvalue weighted by Gasteiger charge is 2.44. The summed E-state index contributed by atoms with van der Waals surface area (Å²) in [5, 5.41) is 3.43. The number of nitrogens with zero attached hydrogens (tertiary/aromatic N) is 2. The van der Waals surface area contributed by atoms with E-state index in [9.17, 15) is 9.59 Å². The second-order valence-electron chi connectivity index (χ2n) is 5.13. The first-order valence-corrected chi connectivity index (χ1v) is 7.27. The number of ether oxygens (including phenoxy) is 2. The fourth-order valence-corrected chi connectivity index (χ4v) is 2.85. The van der Waals surface area contributed by atoms with Crippen molar-refractivity contribution < 1.29 is 19.1 Å². The molecule has 6 nitrogen and oxygen atoms in total. The number of hydrogen-bond acceptors (Lipinski definition) is 5. The van der Waals surface area contributed by atoms with Crippen molar-refractivity contribution in [2.75, 3.05) is 20.3 Å². The normalized spacial score (nSPS) is 20.8. The molecule has 116 valence electrons. The van der Waals surface area contributed by atoms with Crippen LogP contribution in [0.1, 0.15) is 24.9 Å². The summed E-state index contributed by atoms with van der Waals surface area (Å²) in [4.78, 5) is 24.1. The van der Waals surface area contributed by atoms with E-state index in [1.54, 1.807) is 20.2 Å². The van der Waals surface area contributed by atoms with Crippen molar-refractivity contribution in [2.45, 2.75) is 19.4 Å². The minimum absolute atomic E-state index is 0.00203. The van der Waals surface area contributed by atoms with Gasteiger partial charge in [-0.1, -0.05) is 12.1 Å². The van der Waals surface area contributed by atoms with Crippen LogP contribution in [0.5, 0.6) is 5.75 Å². The number of rotatable bonds is 4. The second kappa shape index (κ2) is 5.81. The topological polar surface area (TPSA) is 59.1 Å². The van der Waals surface area contributed by atoms with Gasteiger partial charge in [0.05, 0.1) is 25.3 Å². The lowest BCUT2D eigenvalue weighted by Gasteiger charge is -2.26. The van der Waals surface area contributed by atoms with Crippen molar-refractivity contribution in [1.82, 2.24) is 10.0 Å². The van der Waals surface area contributed by atoms with Gasteiger partial charge in [-0.15, -0.1) is 0 Å². The van der Waals surface area contributed by atoms with Crippen molar-refractivity contribution in [3.8, 4) is 5.75 Å². The molecule has 0 radical (unpaired) electrons. The SMILES string of the molecule is CCOC(=O)C1=CN2C(=O)CCN2[C@@H]1c1ccc(OC)cc1. The second-order valence-corrected chi connectivity index (χ2v) is 5.13. The van der Waals surface area contributed by atoms with Gasteiger partial charge in [0.1, 0.15) is 5.75 Å². The quantitative estimate of drug-likeness (QED) is 0.792. The summed E-state index contributed by atoms with van der Waals surface area (Å²) in [5.74, 6) is 0.362. The molecule has 0 N–H and O–H groups in total. The molecule has 1 saturated heterocycles. The third kappa shape index (κ3) is 2.35. The van der Waals surface area contributed by atoms with E-state index in [0.717, 1.165) is 11.3 Å². The highest BCUT2D eigenvalue weighted by molar-refractivity contribution is 5.92. The predicted octanol–water partition coefficient (Wildman–Crippen LogP) is 1.65. The van der Waals surface area contributed by atoms with Gasteiger partial charge in [0.25, 0.3) is 0 Å². The van der Waals surface area contributed by atoms with Crippen LogP contribution in [0, 0.1) is 0 Å². The summed E-state index contributed by atoms with van der Waals surface area (Å²) in [6, 6.07) is 7.21. The van der Waals surface area contributed by atoms with E-state index < -0.39 is 0 Å². The molecule has 2 aliphatic rings. The monoisotopic (exact) mass is 302 g/mol. The van der Waals surface area contributed by atoms with Gasteiger partial charge >= 0.3 is 5.97 Å². The smallest absolute Gasteiger partial charge is 0.337 e. The molecule has 1 amide bonds. The number of benzene rings is 1. The molecule has 22 heavy (non-hydrogen) atoms. The first-order valence-electron chi connectivity index (χ1n) is 7.27. The molecule has 0 unspecified atom stereocenters. The predicted molar refractivity (Wildman–Crippen MR) is 78.6 cm³/mol. The highest BCUT2D eigenvalue weighted by atomic mass is 16.5. The molecule has 0 aromatic heterocycles. The van der Waals surface area contributed by atoms with E-state index in [1.165, 1.54) is 5.01 Å². The first-order chi connectivity index (χ1) is 10.7. The summed E-state index contributed by atoms with van der Waals surface area (Å²) >= 11 is 0. The summed E-state index contributed by atoms with van der Waals surface area (Å²) in [6.45, 7) is 2.66. The molecule has 6 heteroatoms. The van der Waals surface area contributed by atoms with Crippen molar-refractivity contribution in [2.24, 2.45) is 0 Å². The summed E-state index contributed by atoms with van der Waals surface area (Å²) in [7, 11) is 1.61.